The first-order chi connectivity index (χ1) is 12.8. The van der Waals surface area contributed by atoms with Gasteiger partial charge in [0.25, 0.3) is 5.56 Å². The van der Waals surface area contributed by atoms with Gasteiger partial charge in [0.1, 0.15) is 6.54 Å². The molecule has 0 spiro atoms. The number of aryl methyl sites for hydroxylation is 1. The van der Waals surface area contributed by atoms with Crippen LogP contribution in [0.3, 0.4) is 0 Å². The molecule has 1 aliphatic rings. The SMILES string of the molecule is CC(C)c1ccc(C(=O)CC2CCc3nn(CC(=O)O)c(=O)cc3C2)cc1. The number of aliphatic carboxylic acids is 1. The first-order valence-electron chi connectivity index (χ1n) is 9.28. The number of benzene rings is 1. The predicted octanol–water partition coefficient (Wildman–Crippen LogP) is 2.83. The Morgan fingerprint density at radius 1 is 1.26 bits per heavy atom. The summed E-state index contributed by atoms with van der Waals surface area (Å²) in [7, 11) is 0. The molecule has 0 bridgehead atoms. The Hall–Kier alpha value is -2.76. The molecule has 1 aromatic heterocycles. The van der Waals surface area contributed by atoms with Gasteiger partial charge in [0, 0.05) is 18.1 Å². The van der Waals surface area contributed by atoms with Gasteiger partial charge in [-0.15, -0.1) is 0 Å². The Kier molecular flexibility index (Phi) is 5.54. The van der Waals surface area contributed by atoms with E-state index in [0.717, 1.165) is 27.9 Å². The molecule has 1 aromatic carbocycles. The number of aromatic nitrogens is 2. The maximum absolute atomic E-state index is 12.6. The van der Waals surface area contributed by atoms with Crippen LogP contribution in [0.1, 0.15) is 59.8 Å². The average molecular weight is 368 g/mol. The smallest absolute Gasteiger partial charge is 0.325 e. The van der Waals surface area contributed by atoms with Gasteiger partial charge in [-0.05, 0) is 42.2 Å². The van der Waals surface area contributed by atoms with E-state index in [2.05, 4.69) is 18.9 Å². The van der Waals surface area contributed by atoms with E-state index in [1.54, 1.807) is 0 Å². The minimum atomic E-state index is -1.09. The molecular formula is C21H24N2O4. The van der Waals surface area contributed by atoms with Crippen molar-refractivity contribution in [1.29, 1.82) is 0 Å². The van der Waals surface area contributed by atoms with Gasteiger partial charge in [-0.3, -0.25) is 14.4 Å². The maximum Gasteiger partial charge on any atom is 0.325 e. The van der Waals surface area contributed by atoms with Gasteiger partial charge < -0.3 is 5.11 Å². The van der Waals surface area contributed by atoms with Crippen LogP contribution < -0.4 is 5.56 Å². The highest BCUT2D eigenvalue weighted by Crippen LogP contribution is 2.27. The van der Waals surface area contributed by atoms with Gasteiger partial charge in [0.05, 0.1) is 5.69 Å². The van der Waals surface area contributed by atoms with Crippen LogP contribution in [0, 0.1) is 5.92 Å². The molecule has 1 N–H and O–H groups in total. The number of carbonyl (C=O) groups is 2. The lowest BCUT2D eigenvalue weighted by atomic mass is 9.83. The summed E-state index contributed by atoms with van der Waals surface area (Å²) >= 11 is 0. The molecule has 1 heterocycles. The molecule has 1 unspecified atom stereocenters. The monoisotopic (exact) mass is 368 g/mol. The largest absolute Gasteiger partial charge is 0.480 e. The highest BCUT2D eigenvalue weighted by atomic mass is 16.4. The number of carboxylic acid groups (broad SMARTS) is 1. The number of fused-ring (bicyclic) bond motifs is 1. The zero-order chi connectivity index (χ0) is 19.6. The van der Waals surface area contributed by atoms with Crippen LogP contribution in [-0.4, -0.2) is 26.6 Å². The lowest BCUT2D eigenvalue weighted by Crippen LogP contribution is -2.30. The molecule has 1 aliphatic carbocycles. The van der Waals surface area contributed by atoms with Crippen LogP contribution >= 0.6 is 0 Å². The Balaban J connectivity index is 1.69. The summed E-state index contributed by atoms with van der Waals surface area (Å²) in [6.45, 7) is 3.81. The molecule has 0 saturated heterocycles. The Morgan fingerprint density at radius 3 is 2.59 bits per heavy atom. The number of hydrogen-bond acceptors (Lipinski definition) is 4. The van der Waals surface area contributed by atoms with E-state index >= 15 is 0 Å². The molecule has 3 rings (SSSR count). The van der Waals surface area contributed by atoms with E-state index in [1.165, 1.54) is 11.6 Å². The lowest BCUT2D eigenvalue weighted by molar-refractivity contribution is -0.138. The number of Topliss-reactive ketones (excluding diaryl/α,β-unsaturated/α-hetero) is 1. The maximum atomic E-state index is 12.6. The quantitative estimate of drug-likeness (QED) is 0.792. The molecule has 2 aromatic rings. The number of carboxylic acids is 1. The van der Waals surface area contributed by atoms with Crippen LogP contribution in [0.4, 0.5) is 0 Å². The molecule has 0 aliphatic heterocycles. The van der Waals surface area contributed by atoms with Crippen molar-refractivity contribution in [2.45, 2.75) is 52.0 Å². The zero-order valence-corrected chi connectivity index (χ0v) is 15.6. The van der Waals surface area contributed by atoms with Gasteiger partial charge in [0.2, 0.25) is 0 Å². The van der Waals surface area contributed by atoms with Gasteiger partial charge in [-0.2, -0.15) is 5.10 Å². The third kappa shape index (κ3) is 4.51. The Bertz CT molecular complexity index is 913. The summed E-state index contributed by atoms with van der Waals surface area (Å²) in [4.78, 5) is 35.5. The first-order valence-corrected chi connectivity index (χ1v) is 9.28. The fraction of sp³-hybridized carbons (Fsp3) is 0.429. The van der Waals surface area contributed by atoms with Crippen molar-refractivity contribution in [3.8, 4) is 0 Å². The van der Waals surface area contributed by atoms with Gasteiger partial charge in [-0.1, -0.05) is 38.1 Å². The summed E-state index contributed by atoms with van der Waals surface area (Å²) < 4.78 is 0.989. The second-order valence-corrected chi connectivity index (χ2v) is 7.52. The average Bonchev–Trinajstić information content (AvgIpc) is 2.62. The summed E-state index contributed by atoms with van der Waals surface area (Å²) in [5.74, 6) is -0.369. The molecule has 6 heteroatoms. The number of hydrogen-bond donors (Lipinski definition) is 1. The first kappa shape index (κ1) is 19.0. The molecule has 142 valence electrons. The predicted molar refractivity (Wildman–Crippen MR) is 101 cm³/mol. The van der Waals surface area contributed by atoms with Crippen LogP contribution in [0.25, 0.3) is 0 Å². The molecule has 1 atom stereocenters. The number of rotatable bonds is 6. The Morgan fingerprint density at radius 2 is 1.96 bits per heavy atom. The second kappa shape index (κ2) is 7.86. The number of ketones is 1. The van der Waals surface area contributed by atoms with E-state index < -0.39 is 18.1 Å². The van der Waals surface area contributed by atoms with Crippen molar-refractivity contribution >= 4 is 11.8 Å². The van der Waals surface area contributed by atoms with Crippen molar-refractivity contribution < 1.29 is 14.7 Å². The second-order valence-electron chi connectivity index (χ2n) is 7.52. The van der Waals surface area contributed by atoms with Crippen LogP contribution in [0.2, 0.25) is 0 Å². The van der Waals surface area contributed by atoms with Crippen molar-refractivity contribution in [3.63, 3.8) is 0 Å². The summed E-state index contributed by atoms with van der Waals surface area (Å²) in [6, 6.07) is 9.26. The zero-order valence-electron chi connectivity index (χ0n) is 15.6. The van der Waals surface area contributed by atoms with Gasteiger partial charge in [0.15, 0.2) is 5.78 Å². The molecule has 0 saturated carbocycles. The molecule has 6 nitrogen and oxygen atoms in total. The van der Waals surface area contributed by atoms with Gasteiger partial charge >= 0.3 is 5.97 Å². The van der Waals surface area contributed by atoms with Crippen LogP contribution in [-0.2, 0) is 24.2 Å². The number of carbonyl (C=O) groups excluding carboxylic acids is 1. The molecule has 0 fully saturated rings. The standard InChI is InChI=1S/C21H24N2O4/c1-13(2)15-4-6-16(7-5-15)19(24)10-14-3-8-18-17(9-14)11-20(25)23(22-18)12-21(26)27/h4-7,11,13-14H,3,8-10,12H2,1-2H3,(H,26,27). The fourth-order valence-corrected chi connectivity index (χ4v) is 3.56. The third-order valence-electron chi connectivity index (χ3n) is 5.12. The van der Waals surface area contributed by atoms with E-state index in [1.807, 2.05) is 24.3 Å². The van der Waals surface area contributed by atoms with Crippen molar-refractivity contribution in [2.24, 2.45) is 5.92 Å². The van der Waals surface area contributed by atoms with E-state index in [4.69, 9.17) is 5.11 Å². The summed E-state index contributed by atoms with van der Waals surface area (Å²) in [5, 5.41) is 13.0. The van der Waals surface area contributed by atoms with Crippen molar-refractivity contribution in [2.75, 3.05) is 0 Å². The van der Waals surface area contributed by atoms with Crippen molar-refractivity contribution in [3.05, 3.63) is 63.1 Å². The van der Waals surface area contributed by atoms with E-state index in [0.29, 0.717) is 25.2 Å². The normalized spacial score (nSPS) is 16.2. The highest BCUT2D eigenvalue weighted by molar-refractivity contribution is 5.96. The Labute approximate surface area is 157 Å². The van der Waals surface area contributed by atoms with Crippen LogP contribution in [0.15, 0.2) is 35.1 Å². The van der Waals surface area contributed by atoms with Crippen molar-refractivity contribution in [1.82, 2.24) is 9.78 Å². The highest BCUT2D eigenvalue weighted by Gasteiger charge is 2.24. The minimum absolute atomic E-state index is 0.117. The minimum Gasteiger partial charge on any atom is -0.480 e. The van der Waals surface area contributed by atoms with E-state index in [9.17, 15) is 14.4 Å². The van der Waals surface area contributed by atoms with Crippen LogP contribution in [0.5, 0.6) is 0 Å². The molecular weight excluding hydrogens is 344 g/mol. The molecule has 27 heavy (non-hydrogen) atoms. The molecule has 0 radical (unpaired) electrons. The summed E-state index contributed by atoms with van der Waals surface area (Å²) in [5.41, 5.74) is 3.12. The fourth-order valence-electron chi connectivity index (χ4n) is 3.56. The van der Waals surface area contributed by atoms with E-state index in [-0.39, 0.29) is 11.7 Å². The third-order valence-corrected chi connectivity index (χ3v) is 5.12. The lowest BCUT2D eigenvalue weighted by Gasteiger charge is -2.23. The topological polar surface area (TPSA) is 89.3 Å². The number of nitrogens with zero attached hydrogens (tertiary/aromatic N) is 2. The summed E-state index contributed by atoms with van der Waals surface area (Å²) in [6.07, 6.45) is 2.53. The molecule has 0 amide bonds. The van der Waals surface area contributed by atoms with Gasteiger partial charge in [-0.25, -0.2) is 4.68 Å².